The first kappa shape index (κ1) is 13.9. The lowest BCUT2D eigenvalue weighted by Crippen LogP contribution is -2.39. The Kier molecular flexibility index (Phi) is 7.81. The molecular weight excluding hydrogens is 200 g/mol. The number of unbranched alkanes of at least 4 members (excludes halogenated alkanes) is 1. The summed E-state index contributed by atoms with van der Waals surface area (Å²) in [6.45, 7) is 10.8. The van der Waals surface area contributed by atoms with Crippen molar-refractivity contribution in [3.05, 3.63) is 0 Å². The third-order valence-corrected chi connectivity index (χ3v) is 3.22. The van der Waals surface area contributed by atoms with E-state index in [4.69, 9.17) is 4.74 Å². The molecule has 0 aromatic heterocycles. The summed E-state index contributed by atoms with van der Waals surface area (Å²) in [6, 6.07) is 0.721. The second-order valence-corrected chi connectivity index (χ2v) is 4.64. The first-order valence-corrected chi connectivity index (χ1v) is 6.90. The summed E-state index contributed by atoms with van der Waals surface area (Å²) in [5.74, 6) is 0. The van der Waals surface area contributed by atoms with E-state index in [1.165, 1.54) is 45.3 Å². The summed E-state index contributed by atoms with van der Waals surface area (Å²) < 4.78 is 5.45. The van der Waals surface area contributed by atoms with Crippen LogP contribution < -0.4 is 5.32 Å². The summed E-state index contributed by atoms with van der Waals surface area (Å²) in [6.07, 6.45) is 5.27. The average Bonchev–Trinajstić information content (AvgIpc) is 2.78. The van der Waals surface area contributed by atoms with Gasteiger partial charge in [0.05, 0.1) is 6.61 Å². The monoisotopic (exact) mass is 228 g/mol. The maximum absolute atomic E-state index is 5.45. The average molecular weight is 228 g/mol. The van der Waals surface area contributed by atoms with Crippen molar-refractivity contribution in [3.8, 4) is 0 Å². The van der Waals surface area contributed by atoms with Crippen LogP contribution in [0.1, 0.15) is 39.5 Å². The fraction of sp³-hybridized carbons (Fsp3) is 1.00. The van der Waals surface area contributed by atoms with E-state index < -0.39 is 0 Å². The molecule has 0 aromatic rings. The Balaban J connectivity index is 2.18. The number of hydrogen-bond donors (Lipinski definition) is 1. The number of nitrogens with one attached hydrogen (secondary N) is 1. The van der Waals surface area contributed by atoms with Gasteiger partial charge in [-0.25, -0.2) is 0 Å². The summed E-state index contributed by atoms with van der Waals surface area (Å²) in [7, 11) is 0. The highest BCUT2D eigenvalue weighted by molar-refractivity contribution is 4.77. The van der Waals surface area contributed by atoms with Crippen molar-refractivity contribution in [3.63, 3.8) is 0 Å². The van der Waals surface area contributed by atoms with Crippen molar-refractivity contribution in [2.24, 2.45) is 0 Å². The first-order valence-electron chi connectivity index (χ1n) is 6.90. The minimum atomic E-state index is 0.721. The minimum Gasteiger partial charge on any atom is -0.380 e. The second-order valence-electron chi connectivity index (χ2n) is 4.64. The second kappa shape index (κ2) is 8.97. The van der Waals surface area contributed by atoms with Gasteiger partial charge in [-0.1, -0.05) is 13.3 Å². The predicted molar refractivity (Wildman–Crippen MR) is 68.9 cm³/mol. The number of nitrogens with zero attached hydrogens (tertiary/aromatic N) is 1. The molecular formula is C13H28N2O. The molecule has 96 valence electrons. The molecule has 0 saturated carbocycles. The molecule has 0 aliphatic carbocycles. The topological polar surface area (TPSA) is 24.5 Å². The van der Waals surface area contributed by atoms with E-state index in [2.05, 4.69) is 24.1 Å². The smallest absolute Gasteiger partial charge is 0.0593 e. The van der Waals surface area contributed by atoms with E-state index in [1.54, 1.807) is 0 Å². The van der Waals surface area contributed by atoms with Gasteiger partial charge < -0.3 is 10.1 Å². The Morgan fingerprint density at radius 2 is 2.19 bits per heavy atom. The highest BCUT2D eigenvalue weighted by atomic mass is 16.5. The zero-order valence-electron chi connectivity index (χ0n) is 11.0. The number of rotatable bonds is 9. The fourth-order valence-electron chi connectivity index (χ4n) is 2.24. The van der Waals surface area contributed by atoms with Gasteiger partial charge in [0.2, 0.25) is 0 Å². The van der Waals surface area contributed by atoms with Crippen LogP contribution in [0.25, 0.3) is 0 Å². The van der Waals surface area contributed by atoms with Crippen molar-refractivity contribution < 1.29 is 4.74 Å². The zero-order valence-corrected chi connectivity index (χ0v) is 11.0. The number of ether oxygens (including phenoxy) is 1. The van der Waals surface area contributed by atoms with Crippen molar-refractivity contribution in [2.45, 2.75) is 45.6 Å². The van der Waals surface area contributed by atoms with Crippen molar-refractivity contribution in [1.82, 2.24) is 10.2 Å². The lowest BCUT2D eigenvalue weighted by molar-refractivity contribution is 0.109. The fourth-order valence-corrected chi connectivity index (χ4v) is 2.24. The SMILES string of the molecule is CCCCN(CCOCC)CC1CCCN1. The van der Waals surface area contributed by atoms with Gasteiger partial charge in [-0.05, 0) is 39.3 Å². The van der Waals surface area contributed by atoms with Crippen LogP contribution in [0.2, 0.25) is 0 Å². The Bertz CT molecular complexity index is 158. The minimum absolute atomic E-state index is 0.721. The first-order chi connectivity index (χ1) is 7.86. The van der Waals surface area contributed by atoms with Gasteiger partial charge >= 0.3 is 0 Å². The lowest BCUT2D eigenvalue weighted by atomic mass is 10.2. The Hall–Kier alpha value is -0.120. The van der Waals surface area contributed by atoms with Crippen LogP contribution in [0.5, 0.6) is 0 Å². The molecule has 1 unspecified atom stereocenters. The largest absolute Gasteiger partial charge is 0.380 e. The van der Waals surface area contributed by atoms with E-state index in [1.807, 2.05) is 0 Å². The molecule has 1 aliphatic heterocycles. The van der Waals surface area contributed by atoms with Gasteiger partial charge in [-0.15, -0.1) is 0 Å². The predicted octanol–water partition coefficient (Wildman–Crippen LogP) is 1.88. The molecule has 1 rings (SSSR count). The maximum atomic E-state index is 5.45. The maximum Gasteiger partial charge on any atom is 0.0593 e. The van der Waals surface area contributed by atoms with Crippen LogP contribution in [0.15, 0.2) is 0 Å². The van der Waals surface area contributed by atoms with Gasteiger partial charge in [-0.2, -0.15) is 0 Å². The molecule has 16 heavy (non-hydrogen) atoms. The Morgan fingerprint density at radius 1 is 1.31 bits per heavy atom. The van der Waals surface area contributed by atoms with Gasteiger partial charge in [0, 0.05) is 25.7 Å². The molecule has 3 heteroatoms. The summed E-state index contributed by atoms with van der Waals surface area (Å²) in [4.78, 5) is 2.56. The van der Waals surface area contributed by atoms with Gasteiger partial charge in [0.15, 0.2) is 0 Å². The molecule has 1 N–H and O–H groups in total. The molecule has 0 radical (unpaired) electrons. The Labute approximate surface area is 101 Å². The van der Waals surface area contributed by atoms with E-state index >= 15 is 0 Å². The van der Waals surface area contributed by atoms with Gasteiger partial charge in [0.1, 0.15) is 0 Å². The normalized spacial score (nSPS) is 20.8. The number of hydrogen-bond acceptors (Lipinski definition) is 3. The Morgan fingerprint density at radius 3 is 2.81 bits per heavy atom. The molecule has 1 fully saturated rings. The standard InChI is InChI=1S/C13H28N2O/c1-3-5-9-15(10-11-16-4-2)12-13-7-6-8-14-13/h13-14H,3-12H2,1-2H3. The summed E-state index contributed by atoms with van der Waals surface area (Å²) >= 11 is 0. The highest BCUT2D eigenvalue weighted by Crippen LogP contribution is 2.07. The molecule has 0 aromatic carbocycles. The van der Waals surface area contributed by atoms with E-state index in [9.17, 15) is 0 Å². The van der Waals surface area contributed by atoms with Crippen LogP contribution >= 0.6 is 0 Å². The molecule has 1 heterocycles. The van der Waals surface area contributed by atoms with E-state index in [0.29, 0.717) is 0 Å². The molecule has 0 amide bonds. The third-order valence-electron chi connectivity index (χ3n) is 3.22. The van der Waals surface area contributed by atoms with E-state index in [-0.39, 0.29) is 0 Å². The van der Waals surface area contributed by atoms with Crippen LogP contribution in [0.4, 0.5) is 0 Å². The van der Waals surface area contributed by atoms with Crippen LogP contribution in [-0.2, 0) is 4.74 Å². The zero-order chi connectivity index (χ0) is 11.6. The summed E-state index contributed by atoms with van der Waals surface area (Å²) in [5.41, 5.74) is 0. The lowest BCUT2D eigenvalue weighted by Gasteiger charge is -2.25. The third kappa shape index (κ3) is 5.83. The summed E-state index contributed by atoms with van der Waals surface area (Å²) in [5, 5.41) is 3.57. The van der Waals surface area contributed by atoms with Crippen molar-refractivity contribution >= 4 is 0 Å². The molecule has 1 atom stereocenters. The molecule has 1 aliphatic rings. The van der Waals surface area contributed by atoms with E-state index in [0.717, 1.165) is 25.8 Å². The van der Waals surface area contributed by atoms with Gasteiger partial charge in [-0.3, -0.25) is 4.90 Å². The quantitative estimate of drug-likeness (QED) is 0.610. The molecule has 0 bridgehead atoms. The molecule has 1 saturated heterocycles. The van der Waals surface area contributed by atoms with Crippen LogP contribution in [-0.4, -0.2) is 50.3 Å². The van der Waals surface area contributed by atoms with Crippen molar-refractivity contribution in [1.29, 1.82) is 0 Å². The van der Waals surface area contributed by atoms with Gasteiger partial charge in [0.25, 0.3) is 0 Å². The van der Waals surface area contributed by atoms with Crippen molar-refractivity contribution in [2.75, 3.05) is 39.4 Å². The molecule has 0 spiro atoms. The van der Waals surface area contributed by atoms with Crippen LogP contribution in [0, 0.1) is 0 Å². The highest BCUT2D eigenvalue weighted by Gasteiger charge is 2.17. The van der Waals surface area contributed by atoms with Crippen LogP contribution in [0.3, 0.4) is 0 Å². The molecule has 3 nitrogen and oxygen atoms in total.